The molecule has 1 rings (SSSR count). The average Bonchev–Trinajstić information content (AvgIpc) is 1.84. The zero-order valence-electron chi connectivity index (χ0n) is 6.71. The molecule has 1 aliphatic carbocycles. The third-order valence-electron chi connectivity index (χ3n) is 2.09. The van der Waals surface area contributed by atoms with Crippen molar-refractivity contribution >= 4 is 5.91 Å². The summed E-state index contributed by atoms with van der Waals surface area (Å²) < 4.78 is 0. The summed E-state index contributed by atoms with van der Waals surface area (Å²) in [6.07, 6.45) is 1.91. The van der Waals surface area contributed by atoms with Gasteiger partial charge in [0, 0.05) is 12.1 Å². The molecular weight excluding hydrogens is 142 g/mol. The van der Waals surface area contributed by atoms with Crippen molar-refractivity contribution in [3.63, 3.8) is 0 Å². The van der Waals surface area contributed by atoms with E-state index in [0.717, 1.165) is 12.8 Å². The maximum absolute atomic E-state index is 10.6. The largest absolute Gasteiger partial charge is 0.368 e. The van der Waals surface area contributed by atoms with Crippen LogP contribution in [0.5, 0.6) is 0 Å². The van der Waals surface area contributed by atoms with Crippen LogP contribution in [-0.4, -0.2) is 24.0 Å². The Labute approximate surface area is 66.3 Å². The molecule has 0 bridgehead atoms. The van der Waals surface area contributed by atoms with Crippen molar-refractivity contribution in [3.8, 4) is 0 Å². The molecule has 1 aliphatic rings. The molecule has 0 aromatic carbocycles. The lowest BCUT2D eigenvalue weighted by molar-refractivity contribution is -0.120. The van der Waals surface area contributed by atoms with E-state index in [1.807, 2.05) is 0 Å². The standard InChI is InChI=1S/C7H15N3O/c1-4(7(9)11)10-6-2-5(8)3-6/h4-6,10H,2-3,8H2,1H3,(H2,9,11). The maximum Gasteiger partial charge on any atom is 0.234 e. The second kappa shape index (κ2) is 3.19. The number of hydrogen-bond donors (Lipinski definition) is 3. The fourth-order valence-electron chi connectivity index (χ4n) is 1.23. The van der Waals surface area contributed by atoms with E-state index in [0.29, 0.717) is 12.1 Å². The SMILES string of the molecule is CC(NC1CC(N)C1)C(N)=O. The molecule has 5 N–H and O–H groups in total. The number of hydrogen-bond acceptors (Lipinski definition) is 3. The molecule has 0 saturated heterocycles. The molecule has 4 nitrogen and oxygen atoms in total. The Bertz CT molecular complexity index is 154. The van der Waals surface area contributed by atoms with E-state index in [1.54, 1.807) is 6.92 Å². The second-order valence-corrected chi connectivity index (χ2v) is 3.22. The predicted octanol–water partition coefficient (Wildman–Crippen LogP) is -1.06. The molecule has 1 unspecified atom stereocenters. The van der Waals surface area contributed by atoms with Gasteiger partial charge in [-0.25, -0.2) is 0 Å². The number of carbonyl (C=O) groups is 1. The summed E-state index contributed by atoms with van der Waals surface area (Å²) in [4.78, 5) is 10.6. The van der Waals surface area contributed by atoms with Crippen LogP contribution in [0.4, 0.5) is 0 Å². The van der Waals surface area contributed by atoms with Crippen LogP contribution in [0.3, 0.4) is 0 Å². The van der Waals surface area contributed by atoms with Crippen molar-refractivity contribution in [1.29, 1.82) is 0 Å². The number of nitrogens with one attached hydrogen (secondary N) is 1. The first kappa shape index (κ1) is 8.49. The first-order valence-electron chi connectivity index (χ1n) is 3.90. The minimum atomic E-state index is -0.300. The van der Waals surface area contributed by atoms with E-state index >= 15 is 0 Å². The van der Waals surface area contributed by atoms with Gasteiger partial charge in [-0.1, -0.05) is 0 Å². The zero-order chi connectivity index (χ0) is 8.43. The van der Waals surface area contributed by atoms with Gasteiger partial charge >= 0.3 is 0 Å². The summed E-state index contributed by atoms with van der Waals surface area (Å²) in [5, 5.41) is 3.09. The summed E-state index contributed by atoms with van der Waals surface area (Å²) in [6.45, 7) is 1.77. The van der Waals surface area contributed by atoms with E-state index in [2.05, 4.69) is 5.32 Å². The fraction of sp³-hybridized carbons (Fsp3) is 0.857. The second-order valence-electron chi connectivity index (χ2n) is 3.22. The first-order valence-corrected chi connectivity index (χ1v) is 3.90. The molecule has 0 aromatic rings. The highest BCUT2D eigenvalue weighted by atomic mass is 16.1. The molecule has 0 aliphatic heterocycles. The topological polar surface area (TPSA) is 81.1 Å². The van der Waals surface area contributed by atoms with E-state index < -0.39 is 0 Å². The quantitative estimate of drug-likeness (QED) is 0.488. The molecule has 0 aromatic heterocycles. The zero-order valence-corrected chi connectivity index (χ0v) is 6.71. The number of rotatable bonds is 3. The van der Waals surface area contributed by atoms with Crippen molar-refractivity contribution in [1.82, 2.24) is 5.32 Å². The molecule has 0 spiro atoms. The van der Waals surface area contributed by atoms with Gasteiger partial charge in [0.05, 0.1) is 6.04 Å². The molecule has 4 heteroatoms. The van der Waals surface area contributed by atoms with Crippen molar-refractivity contribution in [2.24, 2.45) is 11.5 Å². The van der Waals surface area contributed by atoms with Crippen LogP contribution in [0.2, 0.25) is 0 Å². The molecule has 1 fully saturated rings. The van der Waals surface area contributed by atoms with Crippen LogP contribution >= 0.6 is 0 Å². The highest BCUT2D eigenvalue weighted by Gasteiger charge is 2.27. The summed E-state index contributed by atoms with van der Waals surface area (Å²) in [5.74, 6) is -0.300. The smallest absolute Gasteiger partial charge is 0.234 e. The Balaban J connectivity index is 2.16. The highest BCUT2D eigenvalue weighted by Crippen LogP contribution is 2.17. The molecule has 0 heterocycles. The average molecular weight is 157 g/mol. The van der Waals surface area contributed by atoms with Gasteiger partial charge in [0.2, 0.25) is 5.91 Å². The molecule has 64 valence electrons. The monoisotopic (exact) mass is 157 g/mol. The number of primary amides is 1. The normalized spacial score (nSPS) is 32.5. The summed E-state index contributed by atoms with van der Waals surface area (Å²) in [6, 6.07) is 0.479. The van der Waals surface area contributed by atoms with Crippen LogP contribution in [0, 0.1) is 0 Å². The van der Waals surface area contributed by atoms with Crippen molar-refractivity contribution in [2.45, 2.75) is 37.9 Å². The van der Waals surface area contributed by atoms with Crippen molar-refractivity contribution < 1.29 is 4.79 Å². The van der Waals surface area contributed by atoms with Gasteiger partial charge in [0.1, 0.15) is 0 Å². The van der Waals surface area contributed by atoms with Crippen molar-refractivity contribution in [3.05, 3.63) is 0 Å². The third-order valence-corrected chi connectivity index (χ3v) is 2.09. The minimum Gasteiger partial charge on any atom is -0.368 e. The van der Waals surface area contributed by atoms with Gasteiger partial charge in [-0.15, -0.1) is 0 Å². The van der Waals surface area contributed by atoms with Gasteiger partial charge in [-0.05, 0) is 19.8 Å². The Morgan fingerprint density at radius 2 is 2.18 bits per heavy atom. The van der Waals surface area contributed by atoms with Crippen LogP contribution in [-0.2, 0) is 4.79 Å². The fourth-order valence-corrected chi connectivity index (χ4v) is 1.23. The predicted molar refractivity (Wildman–Crippen MR) is 42.8 cm³/mol. The number of nitrogens with two attached hydrogens (primary N) is 2. The summed E-state index contributed by atoms with van der Waals surface area (Å²) in [7, 11) is 0. The molecule has 11 heavy (non-hydrogen) atoms. The molecule has 1 amide bonds. The molecular formula is C7H15N3O. The maximum atomic E-state index is 10.6. The van der Waals surface area contributed by atoms with Gasteiger partial charge in [0.15, 0.2) is 0 Å². The van der Waals surface area contributed by atoms with Crippen LogP contribution in [0.25, 0.3) is 0 Å². The molecule has 1 atom stereocenters. The van der Waals surface area contributed by atoms with Crippen molar-refractivity contribution in [2.75, 3.05) is 0 Å². The van der Waals surface area contributed by atoms with Crippen LogP contribution in [0.15, 0.2) is 0 Å². The summed E-state index contributed by atoms with van der Waals surface area (Å²) >= 11 is 0. The Morgan fingerprint density at radius 1 is 1.64 bits per heavy atom. The van der Waals surface area contributed by atoms with Gasteiger partial charge in [-0.3, -0.25) is 4.79 Å². The van der Waals surface area contributed by atoms with Crippen LogP contribution in [0.1, 0.15) is 19.8 Å². The Hall–Kier alpha value is -0.610. The molecule has 1 saturated carbocycles. The van der Waals surface area contributed by atoms with E-state index in [9.17, 15) is 4.79 Å². The van der Waals surface area contributed by atoms with Crippen LogP contribution < -0.4 is 16.8 Å². The van der Waals surface area contributed by atoms with Gasteiger partial charge < -0.3 is 16.8 Å². The number of amides is 1. The summed E-state index contributed by atoms with van der Waals surface area (Å²) in [5.41, 5.74) is 10.6. The van der Waals surface area contributed by atoms with Gasteiger partial charge in [-0.2, -0.15) is 0 Å². The Kier molecular flexibility index (Phi) is 2.46. The first-order chi connectivity index (χ1) is 5.09. The molecule has 0 radical (unpaired) electrons. The van der Waals surface area contributed by atoms with E-state index in [-0.39, 0.29) is 11.9 Å². The lowest BCUT2D eigenvalue weighted by atomic mass is 9.87. The van der Waals surface area contributed by atoms with E-state index in [4.69, 9.17) is 11.5 Å². The highest BCUT2D eigenvalue weighted by molar-refractivity contribution is 5.79. The lowest BCUT2D eigenvalue weighted by Gasteiger charge is -2.34. The third kappa shape index (κ3) is 2.17. The minimum absolute atomic E-state index is 0.229. The number of carbonyl (C=O) groups excluding carboxylic acids is 1. The van der Waals surface area contributed by atoms with E-state index in [1.165, 1.54) is 0 Å². The van der Waals surface area contributed by atoms with Gasteiger partial charge in [0.25, 0.3) is 0 Å². The Morgan fingerprint density at radius 3 is 2.55 bits per heavy atom. The lowest BCUT2D eigenvalue weighted by Crippen LogP contribution is -2.53.